The number of carbonyl (C=O) groups is 1. The van der Waals surface area contributed by atoms with Gasteiger partial charge in [0.05, 0.1) is 4.90 Å². The van der Waals surface area contributed by atoms with Crippen LogP contribution in [0.2, 0.25) is 0 Å². The minimum atomic E-state index is -4.23. The van der Waals surface area contributed by atoms with E-state index in [0.29, 0.717) is 11.4 Å². The molecule has 0 bridgehead atoms. The van der Waals surface area contributed by atoms with Crippen molar-refractivity contribution < 1.29 is 17.8 Å². The number of hydrogen-bond acceptors (Lipinski definition) is 3. The van der Waals surface area contributed by atoms with Crippen molar-refractivity contribution >= 4 is 43.5 Å². The Bertz CT molecular complexity index is 760. The molecule has 0 radical (unpaired) electrons. The molecule has 0 spiro atoms. The Morgan fingerprint density at radius 1 is 1.00 bits per heavy atom. The first kappa shape index (κ1) is 15.5. The smallest absolute Gasteiger partial charge is 0.308 e. The molecule has 0 aliphatic carbocycles. The molecule has 0 aromatic heterocycles. The van der Waals surface area contributed by atoms with Crippen LogP contribution in [0.15, 0.2) is 57.9 Å². The fourth-order valence-corrected chi connectivity index (χ4v) is 2.45. The summed E-state index contributed by atoms with van der Waals surface area (Å²) in [5.41, 5.74) is 1.01. The third-order valence-corrected chi connectivity index (χ3v) is 3.85. The van der Waals surface area contributed by atoms with Gasteiger partial charge in [0.2, 0.25) is 0 Å². The lowest BCUT2D eigenvalue weighted by Gasteiger charge is -2.08. The van der Waals surface area contributed by atoms with E-state index in [4.69, 9.17) is 4.55 Å². The van der Waals surface area contributed by atoms with E-state index in [1.165, 1.54) is 24.3 Å². The van der Waals surface area contributed by atoms with Gasteiger partial charge in [-0.05, 0) is 42.5 Å². The van der Waals surface area contributed by atoms with Crippen LogP contribution < -0.4 is 10.6 Å². The zero-order chi connectivity index (χ0) is 15.5. The number of nitrogens with one attached hydrogen (secondary N) is 2. The van der Waals surface area contributed by atoms with Gasteiger partial charge in [-0.2, -0.15) is 8.42 Å². The lowest BCUT2D eigenvalue weighted by atomic mass is 10.3. The molecule has 0 aliphatic rings. The van der Waals surface area contributed by atoms with Gasteiger partial charge in [0.25, 0.3) is 10.1 Å². The summed E-state index contributed by atoms with van der Waals surface area (Å²) in [6.45, 7) is 0. The molecule has 110 valence electrons. The molecule has 0 fully saturated rings. The van der Waals surface area contributed by atoms with Gasteiger partial charge in [-0.25, -0.2) is 4.79 Å². The molecule has 0 heterocycles. The second-order valence-corrected chi connectivity index (χ2v) is 6.43. The fraction of sp³-hybridized carbons (Fsp3) is 0. The minimum Gasteiger partial charge on any atom is -0.308 e. The Balaban J connectivity index is 2.03. The van der Waals surface area contributed by atoms with E-state index in [9.17, 15) is 13.2 Å². The lowest BCUT2D eigenvalue weighted by Crippen LogP contribution is -2.19. The van der Waals surface area contributed by atoms with Crippen molar-refractivity contribution in [3.05, 3.63) is 53.0 Å². The van der Waals surface area contributed by atoms with Gasteiger partial charge in [-0.1, -0.05) is 22.0 Å². The van der Waals surface area contributed by atoms with Crippen LogP contribution in [0, 0.1) is 0 Å². The third kappa shape index (κ3) is 4.55. The van der Waals surface area contributed by atoms with E-state index in [0.717, 1.165) is 4.47 Å². The zero-order valence-corrected chi connectivity index (χ0v) is 13.0. The fourth-order valence-electron chi connectivity index (χ4n) is 1.57. The number of benzene rings is 2. The lowest BCUT2D eigenvalue weighted by molar-refractivity contribution is 0.262. The van der Waals surface area contributed by atoms with Crippen LogP contribution in [0.4, 0.5) is 16.2 Å². The predicted octanol–water partition coefficient (Wildman–Crippen LogP) is 3.34. The monoisotopic (exact) mass is 370 g/mol. The van der Waals surface area contributed by atoms with E-state index in [-0.39, 0.29) is 4.90 Å². The second kappa shape index (κ2) is 6.25. The van der Waals surface area contributed by atoms with Gasteiger partial charge < -0.3 is 10.6 Å². The maximum Gasteiger partial charge on any atom is 0.323 e. The summed E-state index contributed by atoms with van der Waals surface area (Å²) in [7, 11) is -4.23. The molecule has 8 heteroatoms. The highest BCUT2D eigenvalue weighted by molar-refractivity contribution is 9.10. The maximum absolute atomic E-state index is 11.8. The quantitative estimate of drug-likeness (QED) is 0.721. The van der Waals surface area contributed by atoms with Gasteiger partial charge in [-0.15, -0.1) is 0 Å². The van der Waals surface area contributed by atoms with Crippen LogP contribution in [0.25, 0.3) is 0 Å². The number of halogens is 1. The number of carbonyl (C=O) groups excluding carboxylic acids is 1. The summed E-state index contributed by atoms with van der Waals surface area (Å²) in [5.74, 6) is 0. The molecule has 2 rings (SSSR count). The van der Waals surface area contributed by atoms with Crippen LogP contribution >= 0.6 is 15.9 Å². The highest BCUT2D eigenvalue weighted by atomic mass is 79.9. The Morgan fingerprint density at radius 3 is 2.19 bits per heavy atom. The van der Waals surface area contributed by atoms with E-state index >= 15 is 0 Å². The summed E-state index contributed by atoms with van der Waals surface area (Å²) in [5, 5.41) is 5.18. The predicted molar refractivity (Wildman–Crippen MR) is 83.0 cm³/mol. The molecule has 0 aliphatic heterocycles. The topological polar surface area (TPSA) is 95.5 Å². The average molecular weight is 371 g/mol. The molecular weight excluding hydrogens is 360 g/mol. The molecular formula is C13H11BrN2O4S. The molecule has 2 aromatic carbocycles. The van der Waals surface area contributed by atoms with Gasteiger partial charge in [0.15, 0.2) is 0 Å². The number of hydrogen-bond donors (Lipinski definition) is 3. The van der Waals surface area contributed by atoms with Gasteiger partial charge in [-0.3, -0.25) is 4.55 Å². The first-order valence-corrected chi connectivity index (χ1v) is 7.99. The Morgan fingerprint density at radius 2 is 1.62 bits per heavy atom. The van der Waals surface area contributed by atoms with Crippen molar-refractivity contribution in [3.63, 3.8) is 0 Å². The molecule has 0 saturated heterocycles. The molecule has 21 heavy (non-hydrogen) atoms. The molecule has 3 N–H and O–H groups in total. The molecule has 2 aromatic rings. The second-order valence-electron chi connectivity index (χ2n) is 4.09. The summed E-state index contributed by atoms with van der Waals surface area (Å²) in [4.78, 5) is 11.5. The van der Waals surface area contributed by atoms with E-state index < -0.39 is 16.1 Å². The van der Waals surface area contributed by atoms with Crippen LogP contribution in [-0.4, -0.2) is 19.0 Å². The van der Waals surface area contributed by atoms with E-state index in [1.807, 2.05) is 6.07 Å². The first-order valence-electron chi connectivity index (χ1n) is 5.76. The van der Waals surface area contributed by atoms with Crippen LogP contribution in [0.3, 0.4) is 0 Å². The van der Waals surface area contributed by atoms with E-state index in [1.54, 1.807) is 18.2 Å². The van der Waals surface area contributed by atoms with Crippen molar-refractivity contribution in [3.8, 4) is 0 Å². The minimum absolute atomic E-state index is 0.236. The average Bonchev–Trinajstić information content (AvgIpc) is 2.38. The van der Waals surface area contributed by atoms with Crippen molar-refractivity contribution in [2.75, 3.05) is 10.6 Å². The van der Waals surface area contributed by atoms with Crippen LogP contribution in [0.1, 0.15) is 0 Å². The number of rotatable bonds is 3. The van der Waals surface area contributed by atoms with Crippen molar-refractivity contribution in [2.24, 2.45) is 0 Å². The van der Waals surface area contributed by atoms with Crippen molar-refractivity contribution in [2.45, 2.75) is 4.90 Å². The highest BCUT2D eigenvalue weighted by Gasteiger charge is 2.09. The summed E-state index contributed by atoms with van der Waals surface area (Å²) >= 11 is 3.29. The normalized spacial score (nSPS) is 11.0. The molecule has 6 nitrogen and oxygen atoms in total. The first-order chi connectivity index (χ1) is 9.84. The van der Waals surface area contributed by atoms with Gasteiger partial charge in [0.1, 0.15) is 0 Å². The molecule has 0 atom stereocenters. The number of amides is 2. The van der Waals surface area contributed by atoms with Crippen molar-refractivity contribution in [1.29, 1.82) is 0 Å². The highest BCUT2D eigenvalue weighted by Crippen LogP contribution is 2.17. The van der Waals surface area contributed by atoms with Crippen molar-refractivity contribution in [1.82, 2.24) is 0 Å². The Hall–Kier alpha value is -1.90. The Kier molecular flexibility index (Phi) is 4.61. The van der Waals surface area contributed by atoms with E-state index in [2.05, 4.69) is 26.6 Å². The van der Waals surface area contributed by atoms with Gasteiger partial charge >= 0.3 is 6.03 Å². The maximum atomic E-state index is 11.8. The zero-order valence-electron chi connectivity index (χ0n) is 10.6. The largest absolute Gasteiger partial charge is 0.323 e. The number of urea groups is 1. The number of anilines is 2. The molecule has 2 amide bonds. The molecule has 0 saturated carbocycles. The molecule has 0 unspecified atom stereocenters. The third-order valence-electron chi connectivity index (χ3n) is 2.49. The summed E-state index contributed by atoms with van der Waals surface area (Å²) in [6.07, 6.45) is 0. The summed E-state index contributed by atoms with van der Waals surface area (Å²) in [6, 6.07) is 11.8. The Labute approximate surface area is 130 Å². The van der Waals surface area contributed by atoms with Crippen LogP contribution in [0.5, 0.6) is 0 Å². The standard InChI is InChI=1S/C13H11BrN2O4S/c14-9-2-1-3-11(8-9)16-13(17)15-10-4-6-12(7-5-10)21(18,19)20/h1-8H,(H2,15,16,17)(H,18,19,20). The summed E-state index contributed by atoms with van der Waals surface area (Å²) < 4.78 is 31.5. The SMILES string of the molecule is O=C(Nc1ccc(S(=O)(=O)O)cc1)Nc1cccc(Br)c1. The van der Waals surface area contributed by atoms with Gasteiger partial charge in [0, 0.05) is 15.8 Å². The van der Waals surface area contributed by atoms with Crippen LogP contribution in [-0.2, 0) is 10.1 Å².